The zero-order valence-electron chi connectivity index (χ0n) is 36.5. The molecule has 4 heterocycles. The molecule has 0 aliphatic rings. The van der Waals surface area contributed by atoms with Crippen molar-refractivity contribution in [3.05, 3.63) is 231 Å². The van der Waals surface area contributed by atoms with Crippen LogP contribution in [0.5, 0.6) is 0 Å². The third kappa shape index (κ3) is 5.91. The van der Waals surface area contributed by atoms with E-state index in [0.717, 1.165) is 122 Å². The number of rotatable bonds is 8. The van der Waals surface area contributed by atoms with Crippen LogP contribution in [-0.2, 0) is 0 Å². The van der Waals surface area contributed by atoms with Crippen LogP contribution in [0.15, 0.2) is 240 Å². The molecule has 0 bridgehead atoms. The van der Waals surface area contributed by atoms with Crippen LogP contribution in [0.3, 0.4) is 0 Å². The van der Waals surface area contributed by atoms with Crippen molar-refractivity contribution in [1.82, 2.24) is 9.97 Å². The maximum absolute atomic E-state index is 6.52. The van der Waals surface area contributed by atoms with Crippen molar-refractivity contribution in [1.29, 1.82) is 0 Å². The van der Waals surface area contributed by atoms with Crippen molar-refractivity contribution in [2.45, 2.75) is 0 Å². The van der Waals surface area contributed by atoms with Crippen molar-refractivity contribution >= 4 is 110 Å². The lowest BCUT2D eigenvalue weighted by Gasteiger charge is -2.30. The van der Waals surface area contributed by atoms with Gasteiger partial charge < -0.3 is 18.6 Å². The summed E-state index contributed by atoms with van der Waals surface area (Å²) in [7, 11) is 0. The summed E-state index contributed by atoms with van der Waals surface area (Å²) < 4.78 is 13.0. The minimum absolute atomic E-state index is 0.834. The summed E-state index contributed by atoms with van der Waals surface area (Å²) >= 11 is 0. The first-order chi connectivity index (χ1) is 33.7. The fourth-order valence-electron chi connectivity index (χ4n) is 10.5. The van der Waals surface area contributed by atoms with Gasteiger partial charge in [0.25, 0.3) is 0 Å². The van der Waals surface area contributed by atoms with E-state index >= 15 is 0 Å². The van der Waals surface area contributed by atoms with E-state index in [2.05, 4.69) is 192 Å². The Kier molecular flexibility index (Phi) is 8.48. The van der Waals surface area contributed by atoms with E-state index in [1.54, 1.807) is 0 Å². The summed E-state index contributed by atoms with van der Waals surface area (Å²) in [5.74, 6) is 0. The highest BCUT2D eigenvalue weighted by Gasteiger charge is 2.26. The van der Waals surface area contributed by atoms with Crippen LogP contribution in [0.2, 0.25) is 0 Å². The number of fused-ring (bicyclic) bond motifs is 6. The lowest BCUT2D eigenvalue weighted by molar-refractivity contribution is 0.668. The van der Waals surface area contributed by atoms with Crippen LogP contribution in [0, 0.1) is 0 Å². The normalized spacial score (nSPS) is 11.8. The lowest BCUT2D eigenvalue weighted by Crippen LogP contribution is -2.12. The molecule has 0 spiro atoms. The quantitative estimate of drug-likeness (QED) is 0.142. The average molecular weight is 871 g/mol. The highest BCUT2D eigenvalue weighted by atomic mass is 16.3. The van der Waals surface area contributed by atoms with Gasteiger partial charge in [-0.15, -0.1) is 0 Å². The van der Waals surface area contributed by atoms with Gasteiger partial charge in [0.2, 0.25) is 0 Å². The second-order valence-corrected chi connectivity index (χ2v) is 17.3. The van der Waals surface area contributed by atoms with Crippen LogP contribution < -0.4 is 9.80 Å². The topological polar surface area (TPSA) is 58.5 Å². The van der Waals surface area contributed by atoms with Crippen molar-refractivity contribution in [3.63, 3.8) is 0 Å². The Hall–Kier alpha value is -9.26. The SMILES string of the molecule is c1ccc(-c2cc(N(c3ccc4ccc5c(N(c6ccnc(-c7ccccc7)c6)c6cccc7oc8ccccc8c67)ccc6ccc3c4c65)c3cccc4oc5ccccc5c34)ccn2)cc1. The molecule has 0 saturated heterocycles. The van der Waals surface area contributed by atoms with Crippen LogP contribution in [0.25, 0.3) is 98.7 Å². The maximum atomic E-state index is 6.52. The molecule has 10 aromatic carbocycles. The van der Waals surface area contributed by atoms with Crippen LogP contribution >= 0.6 is 0 Å². The highest BCUT2D eigenvalue weighted by Crippen LogP contribution is 2.51. The first-order valence-electron chi connectivity index (χ1n) is 22.9. The summed E-state index contributed by atoms with van der Waals surface area (Å²) in [5, 5.41) is 11.2. The van der Waals surface area contributed by atoms with E-state index in [4.69, 9.17) is 18.8 Å². The number of hydrogen-bond donors (Lipinski definition) is 0. The molecule has 0 saturated carbocycles. The Morgan fingerprint density at radius 3 is 1.18 bits per heavy atom. The summed E-state index contributed by atoms with van der Waals surface area (Å²) in [6.45, 7) is 0. The number of furan rings is 2. The first-order valence-corrected chi connectivity index (χ1v) is 22.9. The molecule has 6 nitrogen and oxygen atoms in total. The van der Waals surface area contributed by atoms with Crippen LogP contribution in [-0.4, -0.2) is 9.97 Å². The summed E-state index contributed by atoms with van der Waals surface area (Å²) in [6.07, 6.45) is 3.84. The molecule has 0 aliphatic carbocycles. The number of hydrogen-bond acceptors (Lipinski definition) is 6. The second kappa shape index (κ2) is 15.2. The molecule has 68 heavy (non-hydrogen) atoms. The molecule has 318 valence electrons. The Morgan fingerprint density at radius 1 is 0.294 bits per heavy atom. The fourth-order valence-corrected chi connectivity index (χ4v) is 10.5. The van der Waals surface area contributed by atoms with E-state index in [1.165, 1.54) is 10.8 Å². The van der Waals surface area contributed by atoms with Crippen molar-refractivity contribution in [2.75, 3.05) is 9.80 Å². The largest absolute Gasteiger partial charge is 0.456 e. The highest BCUT2D eigenvalue weighted by molar-refractivity contribution is 6.29. The minimum atomic E-state index is 0.834. The average Bonchev–Trinajstić information content (AvgIpc) is 3.99. The molecule has 0 radical (unpaired) electrons. The molecule has 0 unspecified atom stereocenters. The molecule has 0 amide bonds. The smallest absolute Gasteiger partial charge is 0.137 e. The number of anilines is 6. The molecule has 6 heteroatoms. The van der Waals surface area contributed by atoms with Gasteiger partial charge in [0.15, 0.2) is 0 Å². The Bertz CT molecular complexity index is 3960. The molecule has 0 N–H and O–H groups in total. The summed E-state index contributed by atoms with van der Waals surface area (Å²) in [6, 6.07) is 77.0. The van der Waals surface area contributed by atoms with E-state index < -0.39 is 0 Å². The summed E-state index contributed by atoms with van der Waals surface area (Å²) in [5.41, 5.74) is 13.4. The first kappa shape index (κ1) is 38.1. The second-order valence-electron chi connectivity index (χ2n) is 17.3. The third-order valence-corrected chi connectivity index (χ3v) is 13.5. The van der Waals surface area contributed by atoms with Crippen molar-refractivity contribution in [2.24, 2.45) is 0 Å². The van der Waals surface area contributed by atoms with Crippen LogP contribution in [0.4, 0.5) is 34.1 Å². The van der Waals surface area contributed by atoms with Crippen LogP contribution in [0.1, 0.15) is 0 Å². The van der Waals surface area contributed by atoms with Gasteiger partial charge in [0.1, 0.15) is 22.3 Å². The van der Waals surface area contributed by atoms with Gasteiger partial charge in [-0.1, -0.05) is 146 Å². The molecule has 0 aliphatic heterocycles. The molecule has 14 aromatic rings. The molecule has 0 atom stereocenters. The van der Waals surface area contributed by atoms with Gasteiger partial charge in [0, 0.05) is 56.4 Å². The monoisotopic (exact) mass is 870 g/mol. The number of benzene rings is 10. The standard InChI is InChI=1S/C62H38N4O2/c1-3-13-39(14-4-1)49-37-43(33-35-63-49)65(53-19-11-23-57-61(53)47-17-7-9-21-55(47)67-57)51-31-27-41-26-30-46-52(32-28-42-25-29-45(51)59(41)60(42)46)66(44-34-36-64-50(38-44)40-15-5-2-6-16-40)54-20-12-24-58-62(54)48-18-8-10-22-56(48)68-58/h1-38H. The minimum Gasteiger partial charge on any atom is -0.456 e. The fraction of sp³-hybridized carbons (Fsp3) is 0. The number of para-hydroxylation sites is 2. The number of pyridine rings is 2. The zero-order valence-corrected chi connectivity index (χ0v) is 36.5. The van der Waals surface area contributed by atoms with E-state index in [0.29, 0.717) is 0 Å². The maximum Gasteiger partial charge on any atom is 0.137 e. The Morgan fingerprint density at radius 2 is 0.706 bits per heavy atom. The third-order valence-electron chi connectivity index (χ3n) is 13.5. The zero-order chi connectivity index (χ0) is 44.7. The van der Waals surface area contributed by atoms with E-state index in [-0.39, 0.29) is 0 Å². The van der Waals surface area contributed by atoms with Gasteiger partial charge in [-0.3, -0.25) is 9.97 Å². The molecule has 0 fully saturated rings. The van der Waals surface area contributed by atoms with Gasteiger partial charge >= 0.3 is 0 Å². The summed E-state index contributed by atoms with van der Waals surface area (Å²) in [4.78, 5) is 14.5. The van der Waals surface area contributed by atoms with Crippen molar-refractivity contribution in [3.8, 4) is 22.5 Å². The number of nitrogens with zero attached hydrogens (tertiary/aromatic N) is 4. The van der Waals surface area contributed by atoms with Gasteiger partial charge in [-0.05, 0) is 94.3 Å². The molecule has 14 rings (SSSR count). The van der Waals surface area contributed by atoms with Gasteiger partial charge in [0.05, 0.1) is 44.9 Å². The number of aromatic nitrogens is 2. The van der Waals surface area contributed by atoms with Crippen molar-refractivity contribution < 1.29 is 8.83 Å². The van der Waals surface area contributed by atoms with E-state index in [1.807, 2.05) is 48.8 Å². The Labute approximate surface area is 390 Å². The van der Waals surface area contributed by atoms with E-state index in [9.17, 15) is 0 Å². The lowest BCUT2D eigenvalue weighted by atomic mass is 9.91. The predicted octanol–water partition coefficient (Wildman–Crippen LogP) is 17.4. The van der Waals surface area contributed by atoms with Gasteiger partial charge in [-0.25, -0.2) is 0 Å². The molecular weight excluding hydrogens is 833 g/mol. The molecular formula is C62H38N4O2. The molecule has 4 aromatic heterocycles. The predicted molar refractivity (Wildman–Crippen MR) is 281 cm³/mol. The van der Waals surface area contributed by atoms with Gasteiger partial charge in [-0.2, -0.15) is 0 Å². The Balaban J connectivity index is 1.04.